The zero-order valence-corrected chi connectivity index (χ0v) is 18.5. The highest BCUT2D eigenvalue weighted by atomic mass is 16.6. The summed E-state index contributed by atoms with van der Waals surface area (Å²) in [5.41, 5.74) is 2.25. The lowest BCUT2D eigenvalue weighted by Gasteiger charge is -2.25. The number of fused-ring (bicyclic) bond motifs is 1. The van der Waals surface area contributed by atoms with Crippen LogP contribution in [0.1, 0.15) is 60.3 Å². The van der Waals surface area contributed by atoms with Crippen molar-refractivity contribution < 1.29 is 19.4 Å². The van der Waals surface area contributed by atoms with Crippen molar-refractivity contribution >= 4 is 5.97 Å². The molecule has 0 saturated carbocycles. The van der Waals surface area contributed by atoms with Crippen molar-refractivity contribution in [2.24, 2.45) is 5.41 Å². The van der Waals surface area contributed by atoms with E-state index < -0.39 is 11.7 Å². The Morgan fingerprint density at radius 1 is 1.38 bits per heavy atom. The molecule has 160 valence electrons. The number of epoxide rings is 1. The first kappa shape index (κ1) is 23.4. The third-order valence-corrected chi connectivity index (χ3v) is 5.64. The molecule has 0 spiro atoms. The van der Waals surface area contributed by atoms with Gasteiger partial charge in [-0.05, 0) is 70.4 Å². The minimum atomic E-state index is -0.527. The van der Waals surface area contributed by atoms with Crippen molar-refractivity contribution in [3.63, 3.8) is 0 Å². The third kappa shape index (κ3) is 6.83. The monoisotopic (exact) mass is 400 g/mol. The van der Waals surface area contributed by atoms with E-state index in [9.17, 15) is 9.90 Å². The number of allylic oxidation sites excluding steroid dienone is 6. The van der Waals surface area contributed by atoms with Crippen molar-refractivity contribution in [3.05, 3.63) is 59.8 Å². The van der Waals surface area contributed by atoms with Gasteiger partial charge in [-0.2, -0.15) is 0 Å². The zero-order chi connectivity index (χ0) is 21.7. The Kier molecular flexibility index (Phi) is 7.84. The normalized spacial score (nSPS) is 34.9. The average Bonchev–Trinajstić information content (AvgIpc) is 3.28. The molecule has 0 aromatic heterocycles. The average molecular weight is 401 g/mol. The lowest BCUT2D eigenvalue weighted by atomic mass is 9.81. The fraction of sp³-hybridized carbons (Fsp3) is 0.560. The quantitative estimate of drug-likeness (QED) is 0.219. The Balaban J connectivity index is 2.32. The molecule has 0 amide bonds. The molecule has 29 heavy (non-hydrogen) atoms. The molecule has 1 aliphatic carbocycles. The van der Waals surface area contributed by atoms with Crippen LogP contribution in [0.15, 0.2) is 59.8 Å². The molecule has 1 N–H and O–H groups in total. The maximum Gasteiger partial charge on any atom is 0.331 e. The molecule has 4 heteroatoms. The summed E-state index contributed by atoms with van der Waals surface area (Å²) >= 11 is 0. The number of aliphatic hydroxyl groups excluding tert-OH is 1. The molecule has 0 aromatic rings. The van der Waals surface area contributed by atoms with Gasteiger partial charge >= 0.3 is 5.97 Å². The second-order valence-corrected chi connectivity index (χ2v) is 9.10. The van der Waals surface area contributed by atoms with Gasteiger partial charge in [0.25, 0.3) is 0 Å². The fourth-order valence-electron chi connectivity index (χ4n) is 3.62. The standard InChI is InChI=1S/C25H36O4/c1-18(2)8-7-13-24(5)14-11-20(17-26)9-10-22-25(6,29-22)21(12-15-24)28-23(27)16-19(3)4/h7-8,11-12,15-16,21-22,26H,1,9-10,13-14,17H2,2-6H3/b8-7+,15-12+,20-11+/t21-,22+,24+,25+/m1/s1. The number of rotatable bonds is 6. The maximum absolute atomic E-state index is 12.3. The van der Waals surface area contributed by atoms with E-state index in [1.54, 1.807) is 0 Å². The van der Waals surface area contributed by atoms with Crippen LogP contribution in [-0.2, 0) is 14.3 Å². The van der Waals surface area contributed by atoms with Crippen LogP contribution in [0.5, 0.6) is 0 Å². The van der Waals surface area contributed by atoms with Crippen LogP contribution in [0.2, 0.25) is 0 Å². The summed E-state index contributed by atoms with van der Waals surface area (Å²) in [4.78, 5) is 12.3. The van der Waals surface area contributed by atoms with Crippen molar-refractivity contribution in [2.75, 3.05) is 6.61 Å². The van der Waals surface area contributed by atoms with E-state index in [1.165, 1.54) is 6.08 Å². The Morgan fingerprint density at radius 3 is 2.72 bits per heavy atom. The Labute approximate surface area is 175 Å². The van der Waals surface area contributed by atoms with E-state index >= 15 is 0 Å². The lowest BCUT2D eigenvalue weighted by molar-refractivity contribution is -0.143. The molecule has 4 atom stereocenters. The van der Waals surface area contributed by atoms with Gasteiger partial charge in [0.1, 0.15) is 5.60 Å². The molecule has 0 bridgehead atoms. The van der Waals surface area contributed by atoms with Crippen LogP contribution >= 0.6 is 0 Å². The molecule has 0 radical (unpaired) electrons. The van der Waals surface area contributed by atoms with E-state index in [1.807, 2.05) is 39.8 Å². The second-order valence-electron chi connectivity index (χ2n) is 9.10. The highest BCUT2D eigenvalue weighted by Crippen LogP contribution is 2.45. The minimum Gasteiger partial charge on any atom is -0.452 e. The number of ether oxygens (including phenoxy) is 2. The maximum atomic E-state index is 12.3. The van der Waals surface area contributed by atoms with E-state index in [4.69, 9.17) is 9.47 Å². The first-order valence-electron chi connectivity index (χ1n) is 10.4. The van der Waals surface area contributed by atoms with Gasteiger partial charge < -0.3 is 14.6 Å². The van der Waals surface area contributed by atoms with E-state index in [0.717, 1.165) is 42.4 Å². The van der Waals surface area contributed by atoms with Gasteiger partial charge in [-0.15, -0.1) is 0 Å². The first-order valence-corrected chi connectivity index (χ1v) is 10.4. The summed E-state index contributed by atoms with van der Waals surface area (Å²) in [5.74, 6) is -0.344. The lowest BCUT2D eigenvalue weighted by Crippen LogP contribution is -2.32. The van der Waals surface area contributed by atoms with Gasteiger partial charge in [-0.1, -0.05) is 49.0 Å². The van der Waals surface area contributed by atoms with Crippen LogP contribution in [0, 0.1) is 5.41 Å². The highest BCUT2D eigenvalue weighted by molar-refractivity contribution is 5.83. The number of carbonyl (C=O) groups is 1. The summed E-state index contributed by atoms with van der Waals surface area (Å²) in [6.45, 7) is 13.9. The Morgan fingerprint density at radius 2 is 2.10 bits per heavy atom. The number of hydrogen-bond acceptors (Lipinski definition) is 4. The van der Waals surface area contributed by atoms with Crippen molar-refractivity contribution in [3.8, 4) is 0 Å². The topological polar surface area (TPSA) is 59.1 Å². The Hall–Kier alpha value is -1.91. The van der Waals surface area contributed by atoms with Crippen molar-refractivity contribution in [1.29, 1.82) is 0 Å². The molecule has 1 heterocycles. The smallest absolute Gasteiger partial charge is 0.331 e. The Bertz CT molecular complexity index is 738. The number of hydrogen-bond donors (Lipinski definition) is 1. The van der Waals surface area contributed by atoms with E-state index in [2.05, 4.69) is 31.7 Å². The zero-order valence-electron chi connectivity index (χ0n) is 18.5. The summed E-state index contributed by atoms with van der Waals surface area (Å²) < 4.78 is 11.8. The largest absolute Gasteiger partial charge is 0.452 e. The van der Waals surface area contributed by atoms with Gasteiger partial charge in [0.15, 0.2) is 6.10 Å². The molecule has 2 aliphatic rings. The van der Waals surface area contributed by atoms with E-state index in [0.29, 0.717) is 0 Å². The van der Waals surface area contributed by atoms with Crippen LogP contribution in [0.3, 0.4) is 0 Å². The SMILES string of the molecule is C=C(C)/C=C/C[C@]1(C)/C=C/[C@@H](OC(=O)C=C(C)C)[C@]2(C)O[C@H]2CC/C(CO)=C\C1. The van der Waals surface area contributed by atoms with Gasteiger partial charge in [-0.25, -0.2) is 4.79 Å². The molecule has 2 rings (SSSR count). The van der Waals surface area contributed by atoms with E-state index in [-0.39, 0.29) is 24.1 Å². The molecule has 4 nitrogen and oxygen atoms in total. The van der Waals surface area contributed by atoms with Crippen LogP contribution in [0.4, 0.5) is 0 Å². The third-order valence-electron chi connectivity index (χ3n) is 5.64. The van der Waals surface area contributed by atoms with Gasteiger partial charge in [-0.3, -0.25) is 0 Å². The second kappa shape index (κ2) is 9.73. The van der Waals surface area contributed by atoms with Gasteiger partial charge in [0.05, 0.1) is 12.7 Å². The van der Waals surface area contributed by atoms with Crippen molar-refractivity contribution in [2.45, 2.75) is 78.1 Å². The molecular formula is C25H36O4. The predicted molar refractivity (Wildman–Crippen MR) is 117 cm³/mol. The van der Waals surface area contributed by atoms with Gasteiger partial charge in [0.2, 0.25) is 0 Å². The molecular weight excluding hydrogens is 364 g/mol. The summed E-state index contributed by atoms with van der Waals surface area (Å²) in [6, 6.07) is 0. The fourth-order valence-corrected chi connectivity index (χ4v) is 3.62. The van der Waals surface area contributed by atoms with Crippen LogP contribution in [0.25, 0.3) is 0 Å². The predicted octanol–water partition coefficient (Wildman–Crippen LogP) is 5.21. The molecule has 1 saturated heterocycles. The van der Waals surface area contributed by atoms with Crippen LogP contribution < -0.4 is 0 Å². The van der Waals surface area contributed by atoms with Gasteiger partial charge in [0, 0.05) is 6.08 Å². The summed E-state index contributed by atoms with van der Waals surface area (Å²) in [5, 5.41) is 9.75. The highest BCUT2D eigenvalue weighted by Gasteiger charge is 2.58. The number of aliphatic hydroxyl groups is 1. The summed E-state index contributed by atoms with van der Waals surface area (Å²) in [7, 11) is 0. The minimum absolute atomic E-state index is 0.0132. The molecule has 0 unspecified atom stereocenters. The first-order chi connectivity index (χ1) is 13.6. The number of esters is 1. The molecule has 1 aliphatic heterocycles. The molecule has 1 fully saturated rings. The molecule has 0 aromatic carbocycles. The van der Waals surface area contributed by atoms with Crippen molar-refractivity contribution in [1.82, 2.24) is 0 Å². The number of carbonyl (C=O) groups excluding carboxylic acids is 1. The summed E-state index contributed by atoms with van der Waals surface area (Å²) in [6.07, 6.45) is 14.7. The van der Waals surface area contributed by atoms with Crippen LogP contribution in [-0.4, -0.2) is 35.5 Å².